The fourth-order valence-electron chi connectivity index (χ4n) is 2.46. The molecule has 0 fully saturated rings. The molecule has 2 rings (SSSR count). The largest absolute Gasteiger partial charge is 0.372 e. The summed E-state index contributed by atoms with van der Waals surface area (Å²) in [6.07, 6.45) is 0.875. The van der Waals surface area contributed by atoms with Crippen LogP contribution in [0.15, 0.2) is 34.6 Å². The summed E-state index contributed by atoms with van der Waals surface area (Å²) < 4.78 is 13.8. The Morgan fingerprint density at radius 3 is 2.73 bits per heavy atom. The van der Waals surface area contributed by atoms with Crippen molar-refractivity contribution < 1.29 is 4.39 Å². The predicted molar refractivity (Wildman–Crippen MR) is 109 cm³/mol. The fraction of sp³-hybridized carbons (Fsp3) is 0.474. The number of hydrogen-bond donors (Lipinski definition) is 2. The zero-order valence-corrected chi connectivity index (χ0v) is 16.7. The number of para-hydroxylation sites is 1. The monoisotopic (exact) mass is 377 g/mol. The van der Waals surface area contributed by atoms with E-state index in [-0.39, 0.29) is 5.82 Å². The third kappa shape index (κ3) is 5.98. The van der Waals surface area contributed by atoms with Gasteiger partial charge in [0.05, 0.1) is 17.9 Å². The highest BCUT2D eigenvalue weighted by molar-refractivity contribution is 7.09. The molecule has 5 nitrogen and oxygen atoms in total. The van der Waals surface area contributed by atoms with Gasteiger partial charge < -0.3 is 15.5 Å². The zero-order chi connectivity index (χ0) is 18.9. The van der Waals surface area contributed by atoms with Crippen LogP contribution in [-0.2, 0) is 6.54 Å². The minimum atomic E-state index is -0.190. The molecule has 1 aromatic carbocycles. The van der Waals surface area contributed by atoms with Gasteiger partial charge in [-0.1, -0.05) is 26.0 Å². The highest BCUT2D eigenvalue weighted by Crippen LogP contribution is 2.18. The number of rotatable bonds is 8. The molecule has 2 aromatic rings. The number of guanidine groups is 1. The van der Waals surface area contributed by atoms with Crippen molar-refractivity contribution in [1.82, 2.24) is 15.6 Å². The zero-order valence-electron chi connectivity index (χ0n) is 15.9. The second-order valence-corrected chi connectivity index (χ2v) is 7.34. The second kappa shape index (κ2) is 10.1. The van der Waals surface area contributed by atoms with Crippen molar-refractivity contribution in [2.24, 2.45) is 4.99 Å². The standard InChI is InChI=1S/C19H28FN5S/c1-14(2)16-13-26-18(24-16)12-23-19(21-3)22-10-7-11-25(4)17-9-6-5-8-15(17)20/h5-6,8-9,13-14H,7,10-12H2,1-4H3,(H2,21,22,23). The highest BCUT2D eigenvalue weighted by atomic mass is 32.1. The van der Waals surface area contributed by atoms with Crippen molar-refractivity contribution in [3.05, 3.63) is 46.2 Å². The van der Waals surface area contributed by atoms with Gasteiger partial charge >= 0.3 is 0 Å². The van der Waals surface area contributed by atoms with Crippen molar-refractivity contribution in [1.29, 1.82) is 0 Å². The number of thiazole rings is 1. The smallest absolute Gasteiger partial charge is 0.191 e. The number of hydrogen-bond acceptors (Lipinski definition) is 4. The van der Waals surface area contributed by atoms with Crippen LogP contribution in [0.3, 0.4) is 0 Å². The van der Waals surface area contributed by atoms with Gasteiger partial charge in [-0.3, -0.25) is 4.99 Å². The molecule has 0 bridgehead atoms. The van der Waals surface area contributed by atoms with E-state index in [1.165, 1.54) is 6.07 Å². The molecule has 1 aromatic heterocycles. The topological polar surface area (TPSA) is 52.6 Å². The van der Waals surface area contributed by atoms with E-state index in [9.17, 15) is 4.39 Å². The number of anilines is 1. The van der Waals surface area contributed by atoms with Crippen LogP contribution in [0.5, 0.6) is 0 Å². The van der Waals surface area contributed by atoms with E-state index in [1.807, 2.05) is 18.0 Å². The molecule has 0 amide bonds. The lowest BCUT2D eigenvalue weighted by molar-refractivity contribution is 0.619. The van der Waals surface area contributed by atoms with Crippen molar-refractivity contribution in [2.45, 2.75) is 32.7 Å². The first-order chi connectivity index (χ1) is 12.5. The summed E-state index contributed by atoms with van der Waals surface area (Å²) in [5.41, 5.74) is 1.76. The molecule has 0 atom stereocenters. The molecular weight excluding hydrogens is 349 g/mol. The summed E-state index contributed by atoms with van der Waals surface area (Å²) in [5, 5.41) is 9.73. The van der Waals surface area contributed by atoms with Crippen LogP contribution in [0.2, 0.25) is 0 Å². The van der Waals surface area contributed by atoms with E-state index >= 15 is 0 Å². The van der Waals surface area contributed by atoms with Crippen LogP contribution in [0.4, 0.5) is 10.1 Å². The molecule has 2 N–H and O–H groups in total. The maximum atomic E-state index is 13.8. The van der Waals surface area contributed by atoms with E-state index in [1.54, 1.807) is 30.5 Å². The Morgan fingerprint density at radius 1 is 1.31 bits per heavy atom. The maximum absolute atomic E-state index is 13.8. The van der Waals surface area contributed by atoms with E-state index in [4.69, 9.17) is 0 Å². The van der Waals surface area contributed by atoms with Gasteiger partial charge in [-0.15, -0.1) is 11.3 Å². The van der Waals surface area contributed by atoms with E-state index in [2.05, 4.69) is 39.8 Å². The van der Waals surface area contributed by atoms with Gasteiger partial charge in [0.2, 0.25) is 0 Å². The van der Waals surface area contributed by atoms with Crippen molar-refractivity contribution in [3.63, 3.8) is 0 Å². The first-order valence-corrected chi connectivity index (χ1v) is 9.73. The highest BCUT2D eigenvalue weighted by Gasteiger charge is 2.07. The summed E-state index contributed by atoms with van der Waals surface area (Å²) in [5.74, 6) is 1.01. The Bertz CT molecular complexity index is 713. The third-order valence-electron chi connectivity index (χ3n) is 4.02. The van der Waals surface area contributed by atoms with Gasteiger partial charge in [0.1, 0.15) is 10.8 Å². The Kier molecular flexibility index (Phi) is 7.84. The first-order valence-electron chi connectivity index (χ1n) is 8.85. The van der Waals surface area contributed by atoms with Gasteiger partial charge in [0, 0.05) is 32.6 Å². The number of benzene rings is 1. The van der Waals surface area contributed by atoms with Crippen LogP contribution < -0.4 is 15.5 Å². The lowest BCUT2D eigenvalue weighted by atomic mass is 10.2. The lowest BCUT2D eigenvalue weighted by Crippen LogP contribution is -2.38. The quantitative estimate of drug-likeness (QED) is 0.419. The average Bonchev–Trinajstić information content (AvgIpc) is 3.10. The molecule has 26 heavy (non-hydrogen) atoms. The Morgan fingerprint density at radius 2 is 2.08 bits per heavy atom. The average molecular weight is 378 g/mol. The molecule has 0 aliphatic carbocycles. The predicted octanol–water partition coefficient (Wildman–Crippen LogP) is 3.60. The lowest BCUT2D eigenvalue weighted by Gasteiger charge is -2.20. The second-order valence-electron chi connectivity index (χ2n) is 6.40. The number of aliphatic imine (C=N–C) groups is 1. The van der Waals surface area contributed by atoms with Crippen molar-refractivity contribution in [2.75, 3.05) is 32.1 Å². The van der Waals surface area contributed by atoms with E-state index < -0.39 is 0 Å². The third-order valence-corrected chi connectivity index (χ3v) is 4.89. The summed E-state index contributed by atoms with van der Waals surface area (Å²) in [6.45, 7) is 6.46. The molecule has 0 unspecified atom stereocenters. The Balaban J connectivity index is 1.71. The van der Waals surface area contributed by atoms with Gasteiger partial charge in [0.15, 0.2) is 5.96 Å². The van der Waals surface area contributed by atoms with Crippen LogP contribution >= 0.6 is 11.3 Å². The van der Waals surface area contributed by atoms with Crippen LogP contribution in [-0.4, -0.2) is 38.1 Å². The number of aromatic nitrogens is 1. The molecule has 0 spiro atoms. The van der Waals surface area contributed by atoms with Crippen LogP contribution in [0.25, 0.3) is 0 Å². The summed E-state index contributed by atoms with van der Waals surface area (Å²) >= 11 is 1.66. The van der Waals surface area contributed by atoms with Crippen molar-refractivity contribution >= 4 is 23.0 Å². The summed E-state index contributed by atoms with van der Waals surface area (Å²) in [7, 11) is 3.66. The van der Waals surface area contributed by atoms with Gasteiger partial charge in [-0.05, 0) is 24.5 Å². The van der Waals surface area contributed by atoms with E-state index in [0.717, 1.165) is 36.2 Å². The van der Waals surface area contributed by atoms with Crippen LogP contribution in [0.1, 0.15) is 36.9 Å². The molecule has 0 aliphatic heterocycles. The number of halogens is 1. The molecule has 0 saturated heterocycles. The van der Waals surface area contributed by atoms with E-state index in [0.29, 0.717) is 18.2 Å². The SMILES string of the molecule is CN=C(NCCCN(C)c1ccccc1F)NCc1nc(C(C)C)cs1. The Hall–Kier alpha value is -2.15. The van der Waals surface area contributed by atoms with Crippen molar-refractivity contribution in [3.8, 4) is 0 Å². The van der Waals surface area contributed by atoms with Gasteiger partial charge in [-0.25, -0.2) is 9.37 Å². The molecule has 0 aliphatic rings. The molecule has 7 heteroatoms. The number of nitrogens with one attached hydrogen (secondary N) is 2. The molecule has 0 radical (unpaired) electrons. The van der Waals surface area contributed by atoms with Gasteiger partial charge in [-0.2, -0.15) is 0 Å². The van der Waals surface area contributed by atoms with Gasteiger partial charge in [0.25, 0.3) is 0 Å². The number of nitrogens with zero attached hydrogens (tertiary/aromatic N) is 3. The first kappa shape index (κ1) is 20.2. The minimum Gasteiger partial charge on any atom is -0.372 e. The molecule has 1 heterocycles. The molecule has 142 valence electrons. The van der Waals surface area contributed by atoms with Crippen LogP contribution in [0, 0.1) is 5.82 Å². The summed E-state index contributed by atoms with van der Waals surface area (Å²) in [6, 6.07) is 6.83. The molecule has 0 saturated carbocycles. The summed E-state index contributed by atoms with van der Waals surface area (Å²) in [4.78, 5) is 10.8. The fourth-order valence-corrected chi connectivity index (χ4v) is 3.35. The minimum absolute atomic E-state index is 0.190. The normalized spacial score (nSPS) is 11.7. The Labute approximate surface area is 159 Å². The molecular formula is C19H28FN5S. The maximum Gasteiger partial charge on any atom is 0.191 e.